The third-order valence-corrected chi connectivity index (χ3v) is 5.30. The highest BCUT2D eigenvalue weighted by Crippen LogP contribution is 2.24. The molecule has 20 heavy (non-hydrogen) atoms. The molecule has 0 amide bonds. The fourth-order valence-electron chi connectivity index (χ4n) is 2.21. The molecule has 1 fully saturated rings. The van der Waals surface area contributed by atoms with Gasteiger partial charge >= 0.3 is 0 Å². The van der Waals surface area contributed by atoms with E-state index in [-0.39, 0.29) is 17.2 Å². The van der Waals surface area contributed by atoms with Gasteiger partial charge in [0.05, 0.1) is 10.5 Å². The van der Waals surface area contributed by atoms with Crippen LogP contribution in [0.2, 0.25) is 0 Å². The highest BCUT2D eigenvalue weighted by molar-refractivity contribution is 7.89. The van der Waals surface area contributed by atoms with E-state index in [0.717, 1.165) is 4.31 Å². The maximum atomic E-state index is 12.4. The molecule has 1 aliphatic heterocycles. The molecule has 0 bridgehead atoms. The number of hydrogen-bond donors (Lipinski definition) is 2. The summed E-state index contributed by atoms with van der Waals surface area (Å²) in [5, 5.41) is 19.6. The van der Waals surface area contributed by atoms with E-state index in [0.29, 0.717) is 26.1 Å². The largest absolute Gasteiger partial charge is 0.508 e. The molecule has 6 nitrogen and oxygen atoms in total. The summed E-state index contributed by atoms with van der Waals surface area (Å²) in [5.41, 5.74) is -1.04. The van der Waals surface area contributed by atoms with Crippen LogP contribution in [-0.4, -0.2) is 55.3 Å². The van der Waals surface area contributed by atoms with Crippen molar-refractivity contribution in [2.24, 2.45) is 0 Å². The summed E-state index contributed by atoms with van der Waals surface area (Å²) in [5.74, 6) is 0.00895. The SMILES string of the molecule is CN(CC1(O)CCOCC1)S(=O)(=O)c1ccc(O)cc1. The minimum atomic E-state index is -3.67. The number of likely N-dealkylation sites (N-methyl/N-ethyl adjacent to an activating group) is 1. The highest BCUT2D eigenvalue weighted by Gasteiger charge is 2.34. The second kappa shape index (κ2) is 5.69. The first-order chi connectivity index (χ1) is 9.33. The van der Waals surface area contributed by atoms with Crippen LogP contribution in [0.4, 0.5) is 0 Å². The molecule has 0 saturated carbocycles. The Hall–Kier alpha value is -1.15. The first-order valence-electron chi connectivity index (χ1n) is 6.39. The second-order valence-electron chi connectivity index (χ2n) is 5.09. The molecule has 0 atom stereocenters. The number of ether oxygens (including phenoxy) is 1. The van der Waals surface area contributed by atoms with Gasteiger partial charge in [-0.2, -0.15) is 4.31 Å². The Labute approximate surface area is 118 Å². The fourth-order valence-corrected chi connectivity index (χ4v) is 3.46. The zero-order valence-electron chi connectivity index (χ0n) is 11.3. The van der Waals surface area contributed by atoms with Gasteiger partial charge in [0.15, 0.2) is 0 Å². The first kappa shape index (κ1) is 15.2. The summed E-state index contributed by atoms with van der Waals surface area (Å²) in [7, 11) is -2.23. The predicted molar refractivity (Wildman–Crippen MR) is 72.9 cm³/mol. The van der Waals surface area contributed by atoms with E-state index in [4.69, 9.17) is 4.74 Å². The van der Waals surface area contributed by atoms with Gasteiger partial charge in [-0.05, 0) is 24.3 Å². The number of aromatic hydroxyl groups is 1. The third-order valence-electron chi connectivity index (χ3n) is 3.49. The van der Waals surface area contributed by atoms with Crippen LogP contribution >= 0.6 is 0 Å². The van der Waals surface area contributed by atoms with Gasteiger partial charge in [-0.3, -0.25) is 0 Å². The molecule has 0 spiro atoms. The van der Waals surface area contributed by atoms with Crippen molar-refractivity contribution in [3.05, 3.63) is 24.3 Å². The Morgan fingerprint density at radius 1 is 1.25 bits per heavy atom. The molecule has 1 aliphatic rings. The van der Waals surface area contributed by atoms with Crippen molar-refractivity contribution in [1.82, 2.24) is 4.31 Å². The summed E-state index contributed by atoms with van der Waals surface area (Å²) in [6.45, 7) is 0.896. The number of benzene rings is 1. The van der Waals surface area contributed by atoms with E-state index in [2.05, 4.69) is 0 Å². The quantitative estimate of drug-likeness (QED) is 0.848. The summed E-state index contributed by atoms with van der Waals surface area (Å²) >= 11 is 0. The molecule has 2 N–H and O–H groups in total. The fraction of sp³-hybridized carbons (Fsp3) is 0.538. The maximum absolute atomic E-state index is 12.4. The molecule has 1 saturated heterocycles. The lowest BCUT2D eigenvalue weighted by atomic mass is 9.95. The van der Waals surface area contributed by atoms with Crippen molar-refractivity contribution >= 4 is 10.0 Å². The molecule has 1 aromatic rings. The van der Waals surface area contributed by atoms with Crippen LogP contribution in [0.3, 0.4) is 0 Å². The van der Waals surface area contributed by atoms with Crippen LogP contribution in [0.1, 0.15) is 12.8 Å². The lowest BCUT2D eigenvalue weighted by Crippen LogP contribution is -2.47. The molecule has 0 aromatic heterocycles. The van der Waals surface area contributed by atoms with E-state index in [9.17, 15) is 18.6 Å². The van der Waals surface area contributed by atoms with Gasteiger partial charge in [0.1, 0.15) is 5.75 Å². The summed E-state index contributed by atoms with van der Waals surface area (Å²) in [6, 6.07) is 5.33. The maximum Gasteiger partial charge on any atom is 0.242 e. The zero-order valence-corrected chi connectivity index (χ0v) is 12.1. The Kier molecular flexibility index (Phi) is 4.33. The first-order valence-corrected chi connectivity index (χ1v) is 7.83. The number of phenolic OH excluding ortho intramolecular Hbond substituents is 1. The average molecular weight is 301 g/mol. The van der Waals surface area contributed by atoms with E-state index >= 15 is 0 Å². The number of hydrogen-bond acceptors (Lipinski definition) is 5. The van der Waals surface area contributed by atoms with Crippen molar-refractivity contribution < 1.29 is 23.4 Å². The molecule has 2 rings (SSSR count). The molecule has 0 aliphatic carbocycles. The molecule has 112 valence electrons. The number of phenols is 1. The zero-order chi connectivity index (χ0) is 14.8. The summed E-state index contributed by atoms with van der Waals surface area (Å²) in [6.07, 6.45) is 0.838. The van der Waals surface area contributed by atoms with Gasteiger partial charge in [0, 0.05) is 39.6 Å². The smallest absolute Gasteiger partial charge is 0.242 e. The van der Waals surface area contributed by atoms with Gasteiger partial charge < -0.3 is 14.9 Å². The molecule has 1 aromatic carbocycles. The van der Waals surface area contributed by atoms with Crippen molar-refractivity contribution in [2.45, 2.75) is 23.3 Å². The Morgan fingerprint density at radius 2 is 1.80 bits per heavy atom. The molecular weight excluding hydrogens is 282 g/mol. The standard InChI is InChI=1S/C13H19NO5S/c1-14(10-13(16)6-8-19-9-7-13)20(17,18)12-4-2-11(15)3-5-12/h2-5,15-16H,6-10H2,1H3. The average Bonchev–Trinajstić information content (AvgIpc) is 2.39. The number of nitrogens with zero attached hydrogens (tertiary/aromatic N) is 1. The van der Waals surface area contributed by atoms with Gasteiger partial charge in [0.25, 0.3) is 0 Å². The topological polar surface area (TPSA) is 87.1 Å². The molecule has 7 heteroatoms. The number of sulfonamides is 1. The Morgan fingerprint density at radius 3 is 2.35 bits per heavy atom. The summed E-state index contributed by atoms with van der Waals surface area (Å²) in [4.78, 5) is 0.0912. The van der Waals surface area contributed by atoms with Crippen molar-refractivity contribution in [2.75, 3.05) is 26.8 Å². The van der Waals surface area contributed by atoms with Crippen LogP contribution in [0.25, 0.3) is 0 Å². The molecule has 1 heterocycles. The van der Waals surface area contributed by atoms with Gasteiger partial charge in [-0.25, -0.2) is 8.42 Å². The van der Waals surface area contributed by atoms with Gasteiger partial charge in [-0.15, -0.1) is 0 Å². The lowest BCUT2D eigenvalue weighted by molar-refractivity contribution is -0.0689. The van der Waals surface area contributed by atoms with Crippen LogP contribution < -0.4 is 0 Å². The molecule has 0 radical (unpaired) electrons. The second-order valence-corrected chi connectivity index (χ2v) is 7.14. The van der Waals surface area contributed by atoms with Gasteiger partial charge in [0.2, 0.25) is 10.0 Å². The van der Waals surface area contributed by atoms with Crippen molar-refractivity contribution in [1.29, 1.82) is 0 Å². The van der Waals surface area contributed by atoms with Gasteiger partial charge in [-0.1, -0.05) is 0 Å². The number of rotatable bonds is 4. The van der Waals surface area contributed by atoms with E-state index in [1.54, 1.807) is 0 Å². The van der Waals surface area contributed by atoms with Crippen LogP contribution in [-0.2, 0) is 14.8 Å². The van der Waals surface area contributed by atoms with E-state index in [1.807, 2.05) is 0 Å². The number of aliphatic hydroxyl groups is 1. The van der Waals surface area contributed by atoms with Crippen molar-refractivity contribution in [3.63, 3.8) is 0 Å². The monoisotopic (exact) mass is 301 g/mol. The van der Waals surface area contributed by atoms with Crippen molar-refractivity contribution in [3.8, 4) is 5.75 Å². The Bertz CT molecular complexity index is 549. The molecular formula is C13H19NO5S. The van der Waals surface area contributed by atoms with E-state index < -0.39 is 15.6 Å². The highest BCUT2D eigenvalue weighted by atomic mass is 32.2. The van der Waals surface area contributed by atoms with Crippen LogP contribution in [0.15, 0.2) is 29.2 Å². The minimum Gasteiger partial charge on any atom is -0.508 e. The summed E-state index contributed by atoms with van der Waals surface area (Å²) < 4.78 is 31.0. The lowest BCUT2D eigenvalue weighted by Gasteiger charge is -2.35. The third kappa shape index (κ3) is 3.29. The normalized spacial score (nSPS) is 19.1. The van der Waals surface area contributed by atoms with E-state index in [1.165, 1.54) is 31.3 Å². The van der Waals surface area contributed by atoms with Crippen LogP contribution in [0, 0.1) is 0 Å². The van der Waals surface area contributed by atoms with Crippen LogP contribution in [0.5, 0.6) is 5.75 Å². The Balaban J connectivity index is 2.14. The molecule has 0 unspecified atom stereocenters. The predicted octanol–water partition coefficient (Wildman–Crippen LogP) is 0.554. The minimum absolute atomic E-state index is 0.00895.